The zero-order valence-electron chi connectivity index (χ0n) is 10.1. The van der Waals surface area contributed by atoms with Crippen LogP contribution in [0, 0.1) is 6.92 Å². The molecule has 2 heteroatoms. The van der Waals surface area contributed by atoms with E-state index < -0.39 is 0 Å². The Kier molecular flexibility index (Phi) is 3.91. The molecular weight excluding hydrogens is 208 g/mol. The largest absolute Gasteiger partial charge is 0.268 e. The number of hydrazine groups is 1. The van der Waals surface area contributed by atoms with E-state index >= 15 is 0 Å². The number of aryl methyl sites for hydroxylation is 1. The van der Waals surface area contributed by atoms with Crippen LogP contribution in [-0.2, 0) is 13.1 Å². The van der Waals surface area contributed by atoms with Gasteiger partial charge in [-0.05, 0) is 18.1 Å². The second kappa shape index (κ2) is 5.62. The Hall–Kier alpha value is -1.64. The predicted octanol–water partition coefficient (Wildman–Crippen LogP) is 2.87. The van der Waals surface area contributed by atoms with E-state index in [1.165, 1.54) is 16.7 Å². The molecule has 0 aromatic heterocycles. The maximum atomic E-state index is 6.01. The summed E-state index contributed by atoms with van der Waals surface area (Å²) in [5, 5.41) is 1.83. The zero-order valence-corrected chi connectivity index (χ0v) is 10.1. The predicted molar refractivity (Wildman–Crippen MR) is 71.1 cm³/mol. The quantitative estimate of drug-likeness (QED) is 0.641. The number of rotatable bonds is 4. The lowest BCUT2D eigenvalue weighted by molar-refractivity contribution is 0.266. The molecule has 0 aliphatic heterocycles. The summed E-state index contributed by atoms with van der Waals surface area (Å²) in [6, 6.07) is 18.8. The average Bonchev–Trinajstić information content (AvgIpc) is 2.33. The summed E-state index contributed by atoms with van der Waals surface area (Å²) < 4.78 is 0. The number of nitrogens with two attached hydrogens (primary N) is 1. The number of nitrogens with zero attached hydrogens (tertiary/aromatic N) is 1. The van der Waals surface area contributed by atoms with E-state index in [2.05, 4.69) is 43.3 Å². The first-order chi connectivity index (χ1) is 8.24. The van der Waals surface area contributed by atoms with Crippen LogP contribution in [0.1, 0.15) is 16.7 Å². The normalized spacial score (nSPS) is 10.8. The topological polar surface area (TPSA) is 29.3 Å². The third kappa shape index (κ3) is 3.70. The zero-order chi connectivity index (χ0) is 12.1. The minimum atomic E-state index is 0.773. The summed E-state index contributed by atoms with van der Waals surface area (Å²) in [6.45, 7) is 3.64. The number of hydrogen-bond acceptors (Lipinski definition) is 2. The average molecular weight is 226 g/mol. The standard InChI is InChI=1S/C15H18N2/c1-13-7-9-15(10-8-13)12-17(16)11-14-5-3-2-4-6-14/h2-10H,11-12,16H2,1H3. The van der Waals surface area contributed by atoms with Crippen LogP contribution < -0.4 is 5.84 Å². The van der Waals surface area contributed by atoms with Gasteiger partial charge in [-0.25, -0.2) is 5.01 Å². The monoisotopic (exact) mass is 226 g/mol. The molecule has 17 heavy (non-hydrogen) atoms. The van der Waals surface area contributed by atoms with Crippen molar-refractivity contribution in [2.75, 3.05) is 0 Å². The molecule has 0 bridgehead atoms. The van der Waals surface area contributed by atoms with Crippen molar-refractivity contribution in [2.45, 2.75) is 20.0 Å². The molecule has 2 rings (SSSR count). The minimum absolute atomic E-state index is 0.773. The van der Waals surface area contributed by atoms with E-state index in [1.807, 2.05) is 23.2 Å². The van der Waals surface area contributed by atoms with Gasteiger partial charge in [0.2, 0.25) is 0 Å². The van der Waals surface area contributed by atoms with Crippen LogP contribution in [0.15, 0.2) is 54.6 Å². The second-order valence-electron chi connectivity index (χ2n) is 4.38. The van der Waals surface area contributed by atoms with Gasteiger partial charge in [-0.1, -0.05) is 60.2 Å². The molecule has 0 heterocycles. The first-order valence-corrected chi connectivity index (χ1v) is 5.83. The van der Waals surface area contributed by atoms with Crippen molar-refractivity contribution in [2.24, 2.45) is 5.84 Å². The van der Waals surface area contributed by atoms with Gasteiger partial charge in [0, 0.05) is 13.1 Å². The SMILES string of the molecule is Cc1ccc(CN(N)Cc2ccccc2)cc1. The molecule has 0 atom stereocenters. The Balaban J connectivity index is 1.93. The van der Waals surface area contributed by atoms with Crippen LogP contribution in [0.25, 0.3) is 0 Å². The molecule has 0 aliphatic carbocycles. The summed E-state index contributed by atoms with van der Waals surface area (Å²) in [7, 11) is 0. The summed E-state index contributed by atoms with van der Waals surface area (Å²) in [5.74, 6) is 6.01. The van der Waals surface area contributed by atoms with Crippen LogP contribution in [0.5, 0.6) is 0 Å². The van der Waals surface area contributed by atoms with Gasteiger partial charge in [-0.3, -0.25) is 5.84 Å². The van der Waals surface area contributed by atoms with E-state index in [0.29, 0.717) is 0 Å². The van der Waals surface area contributed by atoms with Gasteiger partial charge in [-0.2, -0.15) is 0 Å². The fourth-order valence-electron chi connectivity index (χ4n) is 1.80. The van der Waals surface area contributed by atoms with Crippen molar-refractivity contribution in [3.05, 3.63) is 71.3 Å². The highest BCUT2D eigenvalue weighted by atomic mass is 15.4. The fourth-order valence-corrected chi connectivity index (χ4v) is 1.80. The highest BCUT2D eigenvalue weighted by molar-refractivity contribution is 5.21. The summed E-state index contributed by atoms with van der Waals surface area (Å²) in [5.41, 5.74) is 3.76. The van der Waals surface area contributed by atoms with Crippen molar-refractivity contribution >= 4 is 0 Å². The lowest BCUT2D eigenvalue weighted by atomic mass is 10.1. The van der Waals surface area contributed by atoms with E-state index in [4.69, 9.17) is 5.84 Å². The molecule has 0 spiro atoms. The maximum absolute atomic E-state index is 6.01. The lowest BCUT2D eigenvalue weighted by Crippen LogP contribution is -2.29. The molecule has 2 N–H and O–H groups in total. The molecule has 0 saturated carbocycles. The molecule has 2 aromatic rings. The van der Waals surface area contributed by atoms with Crippen molar-refractivity contribution in [1.29, 1.82) is 0 Å². The van der Waals surface area contributed by atoms with Crippen LogP contribution in [0.4, 0.5) is 0 Å². The van der Waals surface area contributed by atoms with Crippen LogP contribution in [0.2, 0.25) is 0 Å². The molecule has 88 valence electrons. The van der Waals surface area contributed by atoms with Gasteiger partial charge in [0.25, 0.3) is 0 Å². The molecule has 0 aliphatic rings. The lowest BCUT2D eigenvalue weighted by Gasteiger charge is -2.16. The Morgan fingerprint density at radius 1 is 0.824 bits per heavy atom. The van der Waals surface area contributed by atoms with Gasteiger partial charge in [-0.15, -0.1) is 0 Å². The van der Waals surface area contributed by atoms with Gasteiger partial charge >= 0.3 is 0 Å². The highest BCUT2D eigenvalue weighted by Gasteiger charge is 2.01. The van der Waals surface area contributed by atoms with Gasteiger partial charge in [0.15, 0.2) is 0 Å². The summed E-state index contributed by atoms with van der Waals surface area (Å²) in [6.07, 6.45) is 0. The molecule has 2 aromatic carbocycles. The second-order valence-corrected chi connectivity index (χ2v) is 4.38. The van der Waals surface area contributed by atoms with Gasteiger partial charge in [0.1, 0.15) is 0 Å². The van der Waals surface area contributed by atoms with E-state index in [1.54, 1.807) is 0 Å². The van der Waals surface area contributed by atoms with Crippen LogP contribution in [-0.4, -0.2) is 5.01 Å². The molecule has 2 nitrogen and oxygen atoms in total. The first-order valence-electron chi connectivity index (χ1n) is 5.83. The minimum Gasteiger partial charge on any atom is -0.268 e. The third-order valence-corrected chi connectivity index (χ3v) is 2.73. The Bertz CT molecular complexity index is 448. The molecule has 0 unspecified atom stereocenters. The maximum Gasteiger partial charge on any atom is 0.0383 e. The van der Waals surface area contributed by atoms with Crippen molar-refractivity contribution in [3.63, 3.8) is 0 Å². The number of hydrogen-bond donors (Lipinski definition) is 1. The molecule has 0 fully saturated rings. The van der Waals surface area contributed by atoms with Crippen LogP contribution >= 0.6 is 0 Å². The molecule has 0 amide bonds. The van der Waals surface area contributed by atoms with Crippen molar-refractivity contribution in [1.82, 2.24) is 5.01 Å². The Labute approximate surface area is 103 Å². The number of benzene rings is 2. The first kappa shape index (κ1) is 11.8. The molecule has 0 saturated heterocycles. The third-order valence-electron chi connectivity index (χ3n) is 2.73. The Morgan fingerprint density at radius 3 is 1.94 bits per heavy atom. The molecule has 0 radical (unpaired) electrons. The van der Waals surface area contributed by atoms with Gasteiger partial charge in [0.05, 0.1) is 0 Å². The van der Waals surface area contributed by atoms with E-state index in [-0.39, 0.29) is 0 Å². The van der Waals surface area contributed by atoms with Crippen molar-refractivity contribution in [3.8, 4) is 0 Å². The summed E-state index contributed by atoms with van der Waals surface area (Å²) in [4.78, 5) is 0. The molecular formula is C15H18N2. The fraction of sp³-hybridized carbons (Fsp3) is 0.200. The highest BCUT2D eigenvalue weighted by Crippen LogP contribution is 2.07. The summed E-state index contributed by atoms with van der Waals surface area (Å²) >= 11 is 0. The smallest absolute Gasteiger partial charge is 0.0383 e. The van der Waals surface area contributed by atoms with Crippen molar-refractivity contribution < 1.29 is 0 Å². The van der Waals surface area contributed by atoms with E-state index in [9.17, 15) is 0 Å². The Morgan fingerprint density at radius 2 is 1.35 bits per heavy atom. The van der Waals surface area contributed by atoms with E-state index in [0.717, 1.165) is 13.1 Å². The van der Waals surface area contributed by atoms with Gasteiger partial charge < -0.3 is 0 Å². The van der Waals surface area contributed by atoms with Crippen LogP contribution in [0.3, 0.4) is 0 Å².